The van der Waals surface area contributed by atoms with Gasteiger partial charge >= 0.3 is 11.9 Å². The number of hydrogen-bond donors (Lipinski definition) is 2. The van der Waals surface area contributed by atoms with E-state index >= 15 is 0 Å². The minimum Gasteiger partial charge on any atom is -0.478 e. The van der Waals surface area contributed by atoms with Crippen LogP contribution in [0.2, 0.25) is 0 Å². The van der Waals surface area contributed by atoms with Crippen molar-refractivity contribution in [1.29, 1.82) is 0 Å². The molecule has 2 aromatic rings. The number of aromatic nitrogens is 1. The first kappa shape index (κ1) is 17.3. The van der Waals surface area contributed by atoms with Gasteiger partial charge in [-0.1, -0.05) is 12.1 Å². The van der Waals surface area contributed by atoms with Crippen molar-refractivity contribution < 1.29 is 19.8 Å². The van der Waals surface area contributed by atoms with Gasteiger partial charge in [-0.05, 0) is 23.8 Å². The molecule has 1 aromatic heterocycles. The zero-order valence-corrected chi connectivity index (χ0v) is 14.3. The first-order valence-corrected chi connectivity index (χ1v) is 8.02. The van der Waals surface area contributed by atoms with E-state index in [9.17, 15) is 9.59 Å². The zero-order valence-electron chi connectivity index (χ0n) is 11.8. The normalized spacial score (nSPS) is 15.2. The molecule has 3 rings (SSSR count). The average molecular weight is 397 g/mol. The summed E-state index contributed by atoms with van der Waals surface area (Å²) < 4.78 is 1.15. The molecule has 23 heavy (non-hydrogen) atoms. The number of carbonyl (C=O) groups is 2. The van der Waals surface area contributed by atoms with Gasteiger partial charge in [0, 0.05) is 16.5 Å². The van der Waals surface area contributed by atoms with E-state index in [1.807, 2.05) is 24.3 Å². The van der Waals surface area contributed by atoms with E-state index in [0.717, 1.165) is 9.87 Å². The minimum absolute atomic E-state index is 0. The second-order valence-electron chi connectivity index (χ2n) is 4.74. The summed E-state index contributed by atoms with van der Waals surface area (Å²) in [6, 6.07) is 9.25. The number of aromatic carboxylic acids is 2. The third-order valence-electron chi connectivity index (χ3n) is 3.29. The van der Waals surface area contributed by atoms with Crippen molar-refractivity contribution >= 4 is 39.4 Å². The first-order valence-electron chi connectivity index (χ1n) is 6.46. The molecule has 1 aromatic carbocycles. The fourth-order valence-corrected chi connectivity index (χ4v) is 4.23. The van der Waals surface area contributed by atoms with E-state index in [1.54, 1.807) is 0 Å². The maximum atomic E-state index is 11.2. The SMILES string of the molecule is Br.O=C(O)c1cc(CS2=c3ccccc3=NC2)cnc1C(=O)O. The van der Waals surface area contributed by atoms with Crippen LogP contribution in [-0.4, -0.2) is 33.0 Å². The first-order chi connectivity index (χ1) is 10.6. The number of fused-ring (bicyclic) bond motifs is 1. The van der Waals surface area contributed by atoms with Crippen molar-refractivity contribution in [2.24, 2.45) is 4.99 Å². The fourth-order valence-electron chi connectivity index (χ4n) is 2.29. The summed E-state index contributed by atoms with van der Waals surface area (Å²) in [4.78, 5) is 30.5. The lowest BCUT2D eigenvalue weighted by Gasteiger charge is -2.07. The Morgan fingerprint density at radius 3 is 2.61 bits per heavy atom. The minimum atomic E-state index is -1.34. The lowest BCUT2D eigenvalue weighted by atomic mass is 10.1. The number of para-hydroxylation sites is 1. The van der Waals surface area contributed by atoms with Gasteiger partial charge in [-0.15, -0.1) is 17.0 Å². The molecule has 0 saturated carbocycles. The molecule has 1 unspecified atom stereocenters. The van der Waals surface area contributed by atoms with E-state index in [1.165, 1.54) is 12.3 Å². The molecular weight excluding hydrogens is 384 g/mol. The largest absolute Gasteiger partial charge is 0.478 e. The molecule has 6 nitrogen and oxygen atoms in total. The molecule has 8 heteroatoms. The van der Waals surface area contributed by atoms with Crippen molar-refractivity contribution in [3.63, 3.8) is 0 Å². The topological polar surface area (TPSA) is 99.9 Å². The second-order valence-corrected chi connectivity index (χ2v) is 6.71. The van der Waals surface area contributed by atoms with Gasteiger partial charge in [0.05, 0.1) is 16.8 Å². The molecule has 0 amide bonds. The van der Waals surface area contributed by atoms with E-state index in [-0.39, 0.29) is 33.0 Å². The molecule has 2 heterocycles. The summed E-state index contributed by atoms with van der Waals surface area (Å²) >= 11 is 0. The summed E-state index contributed by atoms with van der Waals surface area (Å²) in [7, 11) is -0.139. The second kappa shape index (κ2) is 7.01. The van der Waals surface area contributed by atoms with Crippen LogP contribution >= 0.6 is 27.5 Å². The Labute approximate surface area is 144 Å². The highest BCUT2D eigenvalue weighted by molar-refractivity contribution is 8.93. The molecule has 0 saturated heterocycles. The molecule has 0 radical (unpaired) electrons. The summed E-state index contributed by atoms with van der Waals surface area (Å²) in [6.45, 7) is 0. The van der Waals surface area contributed by atoms with Crippen LogP contribution in [0, 0.1) is 4.51 Å². The molecule has 0 aliphatic carbocycles. The number of carboxylic acid groups (broad SMARTS) is 2. The fraction of sp³-hybridized carbons (Fsp3) is 0.133. The Bertz CT molecular complexity index is 914. The van der Waals surface area contributed by atoms with Crippen LogP contribution < -0.4 is 5.36 Å². The third kappa shape index (κ3) is 3.48. The van der Waals surface area contributed by atoms with Gasteiger partial charge in [-0.2, -0.15) is 10.5 Å². The average Bonchev–Trinajstić information content (AvgIpc) is 2.90. The Morgan fingerprint density at radius 2 is 1.91 bits per heavy atom. The predicted molar refractivity (Wildman–Crippen MR) is 91.1 cm³/mol. The van der Waals surface area contributed by atoms with E-state index in [4.69, 9.17) is 10.2 Å². The van der Waals surface area contributed by atoms with Gasteiger partial charge in [-0.25, -0.2) is 14.6 Å². The van der Waals surface area contributed by atoms with Crippen molar-refractivity contribution in [3.05, 3.63) is 63.2 Å². The molecule has 1 aliphatic rings. The molecular formula is C15H13BrN2O4S. The van der Waals surface area contributed by atoms with Gasteiger partial charge in [-0.3, -0.25) is 4.99 Å². The Hall–Kier alpha value is -2.06. The summed E-state index contributed by atoms with van der Waals surface area (Å²) in [5.41, 5.74) is -0.00764. The number of benzene rings is 1. The van der Waals surface area contributed by atoms with E-state index < -0.39 is 17.6 Å². The summed E-state index contributed by atoms with van der Waals surface area (Å²) in [5.74, 6) is -1.35. The van der Waals surface area contributed by atoms with Crippen LogP contribution in [-0.2, 0) is 5.75 Å². The van der Waals surface area contributed by atoms with Crippen molar-refractivity contribution in [2.45, 2.75) is 5.75 Å². The van der Waals surface area contributed by atoms with Crippen LogP contribution in [0.25, 0.3) is 0 Å². The number of halogens is 1. The number of rotatable bonds is 4. The molecule has 0 spiro atoms. The zero-order chi connectivity index (χ0) is 15.7. The third-order valence-corrected chi connectivity index (χ3v) is 5.37. The molecule has 0 fully saturated rings. The van der Waals surface area contributed by atoms with Gasteiger partial charge in [0.25, 0.3) is 0 Å². The number of pyridine rings is 1. The number of nitrogens with zero attached hydrogens (tertiary/aromatic N) is 2. The Balaban J connectivity index is 0.00000192. The van der Waals surface area contributed by atoms with Crippen LogP contribution in [0.4, 0.5) is 0 Å². The molecule has 120 valence electrons. The predicted octanol–water partition coefficient (Wildman–Crippen LogP) is 2.37. The lowest BCUT2D eigenvalue weighted by molar-refractivity contribution is 0.0646. The number of hydrogen-bond acceptors (Lipinski definition) is 4. The molecule has 0 bridgehead atoms. The maximum absolute atomic E-state index is 11.2. The highest BCUT2D eigenvalue weighted by Gasteiger charge is 2.18. The van der Waals surface area contributed by atoms with Crippen molar-refractivity contribution in [1.82, 2.24) is 4.98 Å². The van der Waals surface area contributed by atoms with Crippen LogP contribution in [0.15, 0.2) is 41.5 Å². The van der Waals surface area contributed by atoms with Crippen LogP contribution in [0.3, 0.4) is 0 Å². The lowest BCUT2D eigenvalue weighted by Crippen LogP contribution is -2.11. The highest BCUT2D eigenvalue weighted by Crippen LogP contribution is 2.26. The van der Waals surface area contributed by atoms with Gasteiger partial charge < -0.3 is 10.2 Å². The summed E-state index contributed by atoms with van der Waals surface area (Å²) in [5, 5.41) is 19.1. The van der Waals surface area contributed by atoms with Crippen molar-refractivity contribution in [3.8, 4) is 0 Å². The van der Waals surface area contributed by atoms with Gasteiger partial charge in [0.2, 0.25) is 0 Å². The Kier molecular flexibility index (Phi) is 5.27. The van der Waals surface area contributed by atoms with Crippen LogP contribution in [0.5, 0.6) is 0 Å². The van der Waals surface area contributed by atoms with Gasteiger partial charge in [0.15, 0.2) is 5.69 Å². The smallest absolute Gasteiger partial charge is 0.355 e. The maximum Gasteiger partial charge on any atom is 0.355 e. The van der Waals surface area contributed by atoms with Gasteiger partial charge in [0.1, 0.15) is 0 Å². The molecule has 1 aliphatic heterocycles. The molecule has 1 atom stereocenters. The quantitative estimate of drug-likeness (QED) is 0.772. The van der Waals surface area contributed by atoms with E-state index in [2.05, 4.69) is 9.98 Å². The standard InChI is InChI=1S/C15H12N2O4S.BrH/c18-14(19)10-5-9(6-16-13(10)15(20)21)7-22-8-17-11-3-1-2-4-12(11)22;/h1-6H,7-8H2,(H,18,19)(H,20,21);1H. The van der Waals surface area contributed by atoms with Crippen LogP contribution in [0.1, 0.15) is 26.4 Å². The molecule has 2 N–H and O–H groups in total. The Morgan fingerprint density at radius 1 is 1.17 bits per heavy atom. The van der Waals surface area contributed by atoms with E-state index in [0.29, 0.717) is 17.2 Å². The highest BCUT2D eigenvalue weighted by atomic mass is 79.9. The number of carboxylic acids is 2. The monoisotopic (exact) mass is 396 g/mol. The van der Waals surface area contributed by atoms with Crippen molar-refractivity contribution in [2.75, 3.05) is 5.88 Å². The summed E-state index contributed by atoms with van der Waals surface area (Å²) in [6.07, 6.45) is 1.43.